The molecule has 6 nitrogen and oxygen atoms in total. The van der Waals surface area contributed by atoms with E-state index in [2.05, 4.69) is 50.4 Å². The van der Waals surface area contributed by atoms with Crippen LogP contribution in [-0.4, -0.2) is 46.9 Å². The number of hydrogen-bond donors (Lipinski definition) is 3. The number of carbonyl (C=O) groups excluding carboxylic acids is 2. The molecule has 0 radical (unpaired) electrons. The third-order valence-corrected chi connectivity index (χ3v) is 11.1. The lowest BCUT2D eigenvalue weighted by molar-refractivity contribution is -0.151. The molecule has 0 aromatic heterocycles. The highest BCUT2D eigenvalue weighted by molar-refractivity contribution is 5.77. The van der Waals surface area contributed by atoms with Gasteiger partial charge in [0.15, 0.2) is 0 Å². The van der Waals surface area contributed by atoms with E-state index in [0.717, 1.165) is 70.6 Å². The molecule has 0 rings (SSSR count). The van der Waals surface area contributed by atoms with E-state index in [0.29, 0.717) is 19.3 Å². The summed E-state index contributed by atoms with van der Waals surface area (Å²) < 4.78 is 5.88. The van der Waals surface area contributed by atoms with E-state index >= 15 is 0 Å². The van der Waals surface area contributed by atoms with Gasteiger partial charge in [-0.05, 0) is 64.2 Å². The first kappa shape index (κ1) is 58.0. The van der Waals surface area contributed by atoms with E-state index in [1.807, 2.05) is 60.8 Å². The Bertz CT molecular complexity index is 1180. The van der Waals surface area contributed by atoms with Crippen LogP contribution >= 0.6 is 0 Å². The zero-order valence-electron chi connectivity index (χ0n) is 39.8. The molecule has 0 saturated carbocycles. The summed E-state index contributed by atoms with van der Waals surface area (Å²) in [5.41, 5.74) is 0. The van der Waals surface area contributed by atoms with Gasteiger partial charge in [0.05, 0.1) is 25.2 Å². The maximum Gasteiger partial charge on any atom is 0.306 e. The number of carbonyl (C=O) groups is 2. The Morgan fingerprint density at radius 1 is 0.492 bits per heavy atom. The van der Waals surface area contributed by atoms with Crippen LogP contribution in [0.1, 0.15) is 226 Å². The molecule has 3 unspecified atom stereocenters. The highest BCUT2D eigenvalue weighted by Crippen LogP contribution is 2.17. The maximum atomic E-state index is 13.2. The van der Waals surface area contributed by atoms with E-state index in [9.17, 15) is 19.8 Å². The Hall–Kier alpha value is -2.96. The minimum absolute atomic E-state index is 0.0171. The molecule has 0 saturated heterocycles. The van der Waals surface area contributed by atoms with Gasteiger partial charge in [0.25, 0.3) is 0 Å². The van der Waals surface area contributed by atoms with Crippen LogP contribution in [0.5, 0.6) is 0 Å². The SMILES string of the molecule is CC\C=C/C=C/C=C/C=C\C=C\C=C\CCCC(CC(=O)NC(CO)C(O)CCCCCCCCCCCCCCC)OC(=O)CCCCC/C=C\CCCCCCCCC. The first-order chi connectivity index (χ1) is 30.0. The standard InChI is InChI=1S/C55H95NO5/c1-4-7-10-13-16-19-22-25-27-29-31-34-37-40-43-46-51(61-55(60)48-45-42-39-36-33-30-26-23-20-17-14-11-8-5-2)49-54(59)56-52(50-57)53(58)47-44-41-38-35-32-28-24-21-18-15-12-9-6-3/h7,10,13,16,19,22,25,27,29-31,33-34,37,51-53,57-58H,4-6,8-9,11-12,14-15,17-18,20-21,23-24,26,28,32,35-36,38-50H2,1-3H3,(H,56,59)/b10-7-,16-13+,22-19+,27-25-,31-29+,33-30-,37-34+. The predicted octanol–water partition coefficient (Wildman–Crippen LogP) is 15.2. The lowest BCUT2D eigenvalue weighted by atomic mass is 10.0. The third-order valence-electron chi connectivity index (χ3n) is 11.1. The monoisotopic (exact) mass is 850 g/mol. The molecule has 0 fully saturated rings. The molecule has 0 aromatic carbocycles. The van der Waals surface area contributed by atoms with Gasteiger partial charge in [0, 0.05) is 6.42 Å². The number of unbranched alkanes of at least 4 members (excludes halogenated alkanes) is 23. The van der Waals surface area contributed by atoms with Crippen LogP contribution < -0.4 is 5.32 Å². The van der Waals surface area contributed by atoms with Gasteiger partial charge in [-0.3, -0.25) is 9.59 Å². The van der Waals surface area contributed by atoms with Crippen molar-refractivity contribution in [1.82, 2.24) is 5.32 Å². The number of rotatable bonds is 44. The fraction of sp³-hybridized carbons (Fsp3) is 0.709. The molecule has 0 heterocycles. The van der Waals surface area contributed by atoms with Crippen LogP contribution in [0.25, 0.3) is 0 Å². The second-order valence-electron chi connectivity index (χ2n) is 17.0. The quantitative estimate of drug-likeness (QED) is 0.0246. The number of aliphatic hydroxyl groups is 2. The number of hydrogen-bond acceptors (Lipinski definition) is 5. The molecule has 0 aliphatic carbocycles. The summed E-state index contributed by atoms with van der Waals surface area (Å²) in [6, 6.07) is -0.732. The molecule has 0 aliphatic heterocycles. The van der Waals surface area contributed by atoms with Crippen LogP contribution in [-0.2, 0) is 14.3 Å². The van der Waals surface area contributed by atoms with Gasteiger partial charge in [-0.25, -0.2) is 0 Å². The van der Waals surface area contributed by atoms with Crippen molar-refractivity contribution in [2.45, 2.75) is 244 Å². The molecule has 0 aromatic rings. The van der Waals surface area contributed by atoms with Crippen molar-refractivity contribution in [3.63, 3.8) is 0 Å². The number of nitrogens with one attached hydrogen (secondary N) is 1. The van der Waals surface area contributed by atoms with Crippen molar-refractivity contribution in [3.8, 4) is 0 Å². The van der Waals surface area contributed by atoms with E-state index in [4.69, 9.17) is 4.74 Å². The molecule has 350 valence electrons. The van der Waals surface area contributed by atoms with E-state index < -0.39 is 18.2 Å². The Balaban J connectivity index is 4.76. The minimum atomic E-state index is -0.813. The fourth-order valence-electron chi connectivity index (χ4n) is 7.29. The van der Waals surface area contributed by atoms with Gasteiger partial charge in [0.1, 0.15) is 6.10 Å². The zero-order chi connectivity index (χ0) is 44.5. The Morgan fingerprint density at radius 2 is 0.918 bits per heavy atom. The van der Waals surface area contributed by atoms with Crippen LogP contribution in [0.15, 0.2) is 85.1 Å². The van der Waals surface area contributed by atoms with Crippen LogP contribution in [0, 0.1) is 0 Å². The zero-order valence-corrected chi connectivity index (χ0v) is 39.8. The Labute approximate surface area is 376 Å². The highest BCUT2D eigenvalue weighted by Gasteiger charge is 2.24. The van der Waals surface area contributed by atoms with Crippen LogP contribution in [0.3, 0.4) is 0 Å². The number of allylic oxidation sites excluding steroid dienone is 14. The summed E-state index contributed by atoms with van der Waals surface area (Å²) in [4.78, 5) is 26.1. The second-order valence-corrected chi connectivity index (χ2v) is 17.0. The predicted molar refractivity (Wildman–Crippen MR) is 264 cm³/mol. The Kier molecular flexibility index (Phi) is 45.7. The normalized spacial score (nSPS) is 14.0. The average molecular weight is 850 g/mol. The first-order valence-corrected chi connectivity index (χ1v) is 25.4. The van der Waals surface area contributed by atoms with Gasteiger partial charge in [-0.15, -0.1) is 0 Å². The van der Waals surface area contributed by atoms with Crippen LogP contribution in [0.2, 0.25) is 0 Å². The van der Waals surface area contributed by atoms with E-state index in [1.54, 1.807) is 0 Å². The summed E-state index contributed by atoms with van der Waals surface area (Å²) >= 11 is 0. The summed E-state index contributed by atoms with van der Waals surface area (Å²) in [6.07, 6.45) is 62.1. The van der Waals surface area contributed by atoms with Crippen molar-refractivity contribution in [3.05, 3.63) is 85.1 Å². The molecule has 0 aliphatic rings. The van der Waals surface area contributed by atoms with Crippen molar-refractivity contribution < 1.29 is 24.5 Å². The summed E-state index contributed by atoms with van der Waals surface area (Å²) in [7, 11) is 0. The van der Waals surface area contributed by atoms with Crippen molar-refractivity contribution >= 4 is 11.9 Å². The van der Waals surface area contributed by atoms with Crippen molar-refractivity contribution in [2.24, 2.45) is 0 Å². The fourth-order valence-corrected chi connectivity index (χ4v) is 7.29. The molecule has 0 spiro atoms. The summed E-state index contributed by atoms with van der Waals surface area (Å²) in [6.45, 7) is 6.30. The Morgan fingerprint density at radius 3 is 1.41 bits per heavy atom. The summed E-state index contributed by atoms with van der Waals surface area (Å²) in [5.74, 6) is -0.572. The molecule has 3 atom stereocenters. The lowest BCUT2D eigenvalue weighted by Gasteiger charge is -2.24. The van der Waals surface area contributed by atoms with E-state index in [-0.39, 0.29) is 24.9 Å². The number of ether oxygens (including phenoxy) is 1. The molecule has 61 heavy (non-hydrogen) atoms. The smallest absolute Gasteiger partial charge is 0.306 e. The molecule has 3 N–H and O–H groups in total. The molecular weight excluding hydrogens is 755 g/mol. The van der Waals surface area contributed by atoms with Gasteiger partial charge < -0.3 is 20.3 Å². The maximum absolute atomic E-state index is 13.2. The van der Waals surface area contributed by atoms with Gasteiger partial charge in [-0.2, -0.15) is 0 Å². The largest absolute Gasteiger partial charge is 0.462 e. The van der Waals surface area contributed by atoms with Crippen LogP contribution in [0.4, 0.5) is 0 Å². The summed E-state index contributed by atoms with van der Waals surface area (Å²) in [5, 5.41) is 23.7. The third kappa shape index (κ3) is 43.5. The number of aliphatic hydroxyl groups excluding tert-OH is 2. The first-order valence-electron chi connectivity index (χ1n) is 25.4. The van der Waals surface area contributed by atoms with Gasteiger partial charge in [0.2, 0.25) is 5.91 Å². The highest BCUT2D eigenvalue weighted by atomic mass is 16.5. The van der Waals surface area contributed by atoms with E-state index in [1.165, 1.54) is 109 Å². The molecule has 6 heteroatoms. The number of esters is 1. The second kappa shape index (κ2) is 48.1. The molecule has 0 bridgehead atoms. The van der Waals surface area contributed by atoms with Gasteiger partial charge >= 0.3 is 5.97 Å². The molecular formula is C55H95NO5. The topological polar surface area (TPSA) is 95.9 Å². The van der Waals surface area contributed by atoms with Crippen molar-refractivity contribution in [1.29, 1.82) is 0 Å². The molecule has 1 amide bonds. The lowest BCUT2D eigenvalue weighted by Crippen LogP contribution is -2.46. The van der Waals surface area contributed by atoms with Gasteiger partial charge in [-0.1, -0.05) is 234 Å². The van der Waals surface area contributed by atoms with Crippen molar-refractivity contribution in [2.75, 3.05) is 6.61 Å². The average Bonchev–Trinajstić information content (AvgIpc) is 3.25. The minimum Gasteiger partial charge on any atom is -0.462 e. The number of amides is 1.